The second-order valence-corrected chi connectivity index (χ2v) is 8.17. The average molecular weight is 278 g/mol. The molecule has 0 bridgehead atoms. The lowest BCUT2D eigenvalue weighted by Crippen LogP contribution is -2.55. The number of aliphatic hydroxyl groups is 1. The first-order valence-corrected chi connectivity index (χ1v) is 8.05. The third-order valence-electron chi connectivity index (χ3n) is 5.98. The van der Waals surface area contributed by atoms with Crippen LogP contribution in [0.2, 0.25) is 0 Å². The van der Waals surface area contributed by atoms with E-state index in [0.29, 0.717) is 11.3 Å². The maximum absolute atomic E-state index is 11.1. The summed E-state index contributed by atoms with van der Waals surface area (Å²) < 4.78 is 0. The van der Waals surface area contributed by atoms with Crippen LogP contribution >= 0.6 is 0 Å². The maximum atomic E-state index is 11.1. The van der Waals surface area contributed by atoms with Crippen LogP contribution in [0.25, 0.3) is 0 Å². The molecule has 1 heterocycles. The van der Waals surface area contributed by atoms with E-state index < -0.39 is 11.0 Å². The maximum Gasteiger partial charge on any atom is 0.0861 e. The van der Waals surface area contributed by atoms with Gasteiger partial charge in [0.15, 0.2) is 0 Å². The SMILES string of the molecule is CN1CCC(O)(C2(C#N)CCC(C(C)(C)C)CC2)CC1. The fourth-order valence-corrected chi connectivity index (χ4v) is 4.12. The second-order valence-electron chi connectivity index (χ2n) is 8.17. The van der Waals surface area contributed by atoms with Gasteiger partial charge in [0, 0.05) is 13.1 Å². The third kappa shape index (κ3) is 2.73. The van der Waals surface area contributed by atoms with Crippen LogP contribution in [0.5, 0.6) is 0 Å². The Labute approximate surface area is 124 Å². The van der Waals surface area contributed by atoms with Crippen molar-refractivity contribution in [2.24, 2.45) is 16.7 Å². The summed E-state index contributed by atoms with van der Waals surface area (Å²) in [7, 11) is 2.09. The molecule has 3 heteroatoms. The standard InChI is InChI=1S/C17H30N2O/c1-15(2,3)14-5-7-16(13-18,8-6-14)17(20)9-11-19(4)12-10-17/h14,20H,5-12H2,1-4H3. The van der Waals surface area contributed by atoms with E-state index in [1.807, 2.05) is 0 Å². The average Bonchev–Trinajstić information content (AvgIpc) is 2.41. The Hall–Kier alpha value is -0.590. The monoisotopic (exact) mass is 278 g/mol. The van der Waals surface area contributed by atoms with E-state index >= 15 is 0 Å². The van der Waals surface area contributed by atoms with Gasteiger partial charge >= 0.3 is 0 Å². The summed E-state index contributed by atoms with van der Waals surface area (Å²) in [4.78, 5) is 2.25. The van der Waals surface area contributed by atoms with Crippen LogP contribution < -0.4 is 0 Å². The molecule has 3 nitrogen and oxygen atoms in total. The van der Waals surface area contributed by atoms with Gasteiger partial charge in [-0.05, 0) is 56.9 Å². The minimum Gasteiger partial charge on any atom is -0.388 e. The summed E-state index contributed by atoms with van der Waals surface area (Å²) in [6.45, 7) is 8.69. The molecule has 2 rings (SSSR count). The first-order valence-electron chi connectivity index (χ1n) is 8.05. The van der Waals surface area contributed by atoms with Crippen LogP contribution in [0, 0.1) is 28.1 Å². The van der Waals surface area contributed by atoms with Crippen LogP contribution in [0.1, 0.15) is 59.3 Å². The molecule has 0 unspecified atom stereocenters. The van der Waals surface area contributed by atoms with E-state index in [1.54, 1.807) is 0 Å². The number of likely N-dealkylation sites (tertiary alicyclic amines) is 1. The molecule has 1 aliphatic heterocycles. The van der Waals surface area contributed by atoms with Gasteiger partial charge < -0.3 is 10.0 Å². The van der Waals surface area contributed by atoms with Gasteiger partial charge in [-0.2, -0.15) is 5.26 Å². The van der Waals surface area contributed by atoms with Gasteiger partial charge in [0.2, 0.25) is 0 Å². The molecule has 1 saturated heterocycles. The molecule has 0 atom stereocenters. The van der Waals surface area contributed by atoms with Gasteiger partial charge in [0.1, 0.15) is 0 Å². The molecule has 1 aliphatic carbocycles. The van der Waals surface area contributed by atoms with E-state index in [2.05, 4.69) is 38.8 Å². The first kappa shape index (κ1) is 15.8. The van der Waals surface area contributed by atoms with Crippen molar-refractivity contribution in [3.8, 4) is 6.07 Å². The number of piperidine rings is 1. The van der Waals surface area contributed by atoms with Crippen LogP contribution in [-0.2, 0) is 0 Å². The molecular formula is C17H30N2O. The normalized spacial score (nSPS) is 35.5. The Morgan fingerprint density at radius 2 is 1.60 bits per heavy atom. The highest BCUT2D eigenvalue weighted by molar-refractivity contribution is 5.14. The van der Waals surface area contributed by atoms with Gasteiger partial charge in [-0.1, -0.05) is 20.8 Å². The molecule has 2 fully saturated rings. The Balaban J connectivity index is 2.11. The predicted molar refractivity (Wildman–Crippen MR) is 81.1 cm³/mol. The van der Waals surface area contributed by atoms with Crippen molar-refractivity contribution in [1.82, 2.24) is 4.90 Å². The number of rotatable bonds is 1. The van der Waals surface area contributed by atoms with Crippen molar-refractivity contribution >= 4 is 0 Å². The fourth-order valence-electron chi connectivity index (χ4n) is 4.12. The Morgan fingerprint density at radius 3 is 2.00 bits per heavy atom. The van der Waals surface area contributed by atoms with Crippen LogP contribution in [0.3, 0.4) is 0 Å². The predicted octanol–water partition coefficient (Wildman–Crippen LogP) is 3.19. The molecule has 0 radical (unpaired) electrons. The van der Waals surface area contributed by atoms with Crippen molar-refractivity contribution in [2.45, 2.75) is 64.9 Å². The highest BCUT2D eigenvalue weighted by Crippen LogP contribution is 2.52. The zero-order chi connectivity index (χ0) is 15.0. The van der Waals surface area contributed by atoms with Crippen LogP contribution in [-0.4, -0.2) is 35.7 Å². The Bertz CT molecular complexity index is 375. The van der Waals surface area contributed by atoms with E-state index in [0.717, 1.165) is 51.6 Å². The van der Waals surface area contributed by atoms with E-state index in [9.17, 15) is 10.4 Å². The van der Waals surface area contributed by atoms with Crippen molar-refractivity contribution in [2.75, 3.05) is 20.1 Å². The number of hydrogen-bond donors (Lipinski definition) is 1. The first-order chi connectivity index (χ1) is 9.22. The summed E-state index contributed by atoms with van der Waals surface area (Å²) >= 11 is 0. The Morgan fingerprint density at radius 1 is 1.10 bits per heavy atom. The Kier molecular flexibility index (Phi) is 4.19. The van der Waals surface area contributed by atoms with E-state index in [1.165, 1.54) is 0 Å². The lowest BCUT2D eigenvalue weighted by molar-refractivity contribution is -0.115. The number of nitriles is 1. The second kappa shape index (κ2) is 5.31. The zero-order valence-corrected chi connectivity index (χ0v) is 13.6. The highest BCUT2D eigenvalue weighted by Gasteiger charge is 2.53. The van der Waals surface area contributed by atoms with Crippen LogP contribution in [0.4, 0.5) is 0 Å². The zero-order valence-electron chi connectivity index (χ0n) is 13.6. The molecule has 1 N–H and O–H groups in total. The smallest absolute Gasteiger partial charge is 0.0861 e. The summed E-state index contributed by atoms with van der Waals surface area (Å²) in [5.41, 5.74) is -0.954. The molecular weight excluding hydrogens is 248 g/mol. The highest BCUT2D eigenvalue weighted by atomic mass is 16.3. The molecule has 114 valence electrons. The molecule has 0 aromatic carbocycles. The molecule has 0 spiro atoms. The van der Waals surface area contributed by atoms with Gasteiger partial charge in [0.05, 0.1) is 17.1 Å². The van der Waals surface area contributed by atoms with Crippen molar-refractivity contribution in [3.05, 3.63) is 0 Å². The molecule has 0 aromatic rings. The summed E-state index contributed by atoms with van der Waals surface area (Å²) in [5, 5.41) is 20.9. The van der Waals surface area contributed by atoms with Crippen molar-refractivity contribution in [1.29, 1.82) is 5.26 Å². The van der Waals surface area contributed by atoms with Gasteiger partial charge in [-0.3, -0.25) is 0 Å². The van der Waals surface area contributed by atoms with E-state index in [4.69, 9.17) is 0 Å². The van der Waals surface area contributed by atoms with Gasteiger partial charge in [-0.15, -0.1) is 0 Å². The molecule has 20 heavy (non-hydrogen) atoms. The summed E-state index contributed by atoms with van der Waals surface area (Å²) in [5.74, 6) is 0.679. The molecule has 2 aliphatic rings. The minimum absolute atomic E-state index is 0.316. The topological polar surface area (TPSA) is 47.3 Å². The molecule has 1 saturated carbocycles. The van der Waals surface area contributed by atoms with Gasteiger partial charge in [0.25, 0.3) is 0 Å². The number of nitrogens with zero attached hydrogens (tertiary/aromatic N) is 2. The lowest BCUT2D eigenvalue weighted by atomic mass is 9.57. The summed E-state index contributed by atoms with van der Waals surface area (Å²) in [6, 6.07) is 2.55. The van der Waals surface area contributed by atoms with Gasteiger partial charge in [-0.25, -0.2) is 0 Å². The van der Waals surface area contributed by atoms with Crippen molar-refractivity contribution in [3.63, 3.8) is 0 Å². The molecule has 0 amide bonds. The molecule has 0 aromatic heterocycles. The van der Waals surface area contributed by atoms with E-state index in [-0.39, 0.29) is 0 Å². The minimum atomic E-state index is -0.767. The fraction of sp³-hybridized carbons (Fsp3) is 0.941. The number of hydrogen-bond acceptors (Lipinski definition) is 3. The summed E-state index contributed by atoms with van der Waals surface area (Å²) in [6.07, 6.45) is 5.39. The largest absolute Gasteiger partial charge is 0.388 e. The third-order valence-corrected chi connectivity index (χ3v) is 5.98. The lowest BCUT2D eigenvalue weighted by Gasteiger charge is -2.51. The van der Waals surface area contributed by atoms with Crippen molar-refractivity contribution < 1.29 is 5.11 Å². The van der Waals surface area contributed by atoms with Crippen LogP contribution in [0.15, 0.2) is 0 Å². The quantitative estimate of drug-likeness (QED) is 0.801.